The van der Waals surface area contributed by atoms with Crippen molar-refractivity contribution < 1.29 is 14.4 Å². The van der Waals surface area contributed by atoms with E-state index in [1.807, 2.05) is 19.9 Å². The van der Waals surface area contributed by atoms with Gasteiger partial charge >= 0.3 is 0 Å². The Morgan fingerprint density at radius 3 is 2.61 bits per heavy atom. The molecule has 1 saturated carbocycles. The molecule has 2 heterocycles. The number of rotatable bonds is 3. The summed E-state index contributed by atoms with van der Waals surface area (Å²) in [6, 6.07) is 1.99. The minimum atomic E-state index is -0.0552. The first kappa shape index (κ1) is 15.2. The lowest BCUT2D eigenvalue weighted by Crippen LogP contribution is -2.46. The van der Waals surface area contributed by atoms with E-state index in [0.717, 1.165) is 48.3 Å². The van der Waals surface area contributed by atoms with Gasteiger partial charge in [-0.25, -0.2) is 0 Å². The number of hydrogen-bond acceptors (Lipinski definition) is 5. The molecule has 1 aliphatic carbocycles. The molecule has 1 N–H and O–H groups in total. The van der Waals surface area contributed by atoms with E-state index in [9.17, 15) is 5.11 Å². The van der Waals surface area contributed by atoms with Gasteiger partial charge in [-0.05, 0) is 32.8 Å². The quantitative estimate of drug-likeness (QED) is 0.930. The fourth-order valence-corrected chi connectivity index (χ4v) is 3.95. The molecule has 0 spiro atoms. The predicted molar refractivity (Wildman–Crippen MR) is 89.1 cm³/mol. The molecule has 1 saturated heterocycles. The molecule has 0 amide bonds. The number of anilines is 1. The van der Waals surface area contributed by atoms with Gasteiger partial charge in [0.2, 0.25) is 0 Å². The predicted octanol–water partition coefficient (Wildman–Crippen LogP) is 3.46. The summed E-state index contributed by atoms with van der Waals surface area (Å²) in [6.45, 7) is 5.53. The molecular weight excluding hydrogens is 316 g/mol. The topological polar surface area (TPSA) is 58.7 Å². The Bertz CT molecular complexity index is 731. The van der Waals surface area contributed by atoms with Crippen molar-refractivity contribution in [2.75, 3.05) is 18.0 Å². The van der Waals surface area contributed by atoms with Crippen LogP contribution < -0.4 is 4.90 Å². The largest absolute Gasteiger partial charge is 0.392 e. The number of aliphatic hydroxyl groups excluding tert-OH is 1. The highest BCUT2D eigenvalue weighted by atomic mass is 35.5. The molecule has 4 rings (SSSR count). The maximum absolute atomic E-state index is 9.88. The highest BCUT2D eigenvalue weighted by molar-refractivity contribution is 6.38. The second-order valence-corrected chi connectivity index (χ2v) is 7.12. The van der Waals surface area contributed by atoms with E-state index in [4.69, 9.17) is 20.9 Å². The Hall–Kier alpha value is -1.30. The zero-order valence-corrected chi connectivity index (χ0v) is 14.1. The first-order valence-electron chi connectivity index (χ1n) is 8.20. The summed E-state index contributed by atoms with van der Waals surface area (Å²) in [6.07, 6.45) is 2.53. The Morgan fingerprint density at radius 1 is 1.30 bits per heavy atom. The van der Waals surface area contributed by atoms with Crippen LogP contribution >= 0.6 is 11.6 Å². The van der Waals surface area contributed by atoms with Gasteiger partial charge in [-0.15, -0.1) is 0 Å². The zero-order valence-electron chi connectivity index (χ0n) is 13.4. The van der Waals surface area contributed by atoms with Crippen LogP contribution in [-0.2, 0) is 11.3 Å². The Morgan fingerprint density at radius 2 is 2.00 bits per heavy atom. The molecule has 2 atom stereocenters. The maximum Gasteiger partial charge on any atom is 0.187 e. The van der Waals surface area contributed by atoms with Crippen LogP contribution in [0.2, 0.25) is 5.02 Å². The summed E-state index contributed by atoms with van der Waals surface area (Å²) in [5.41, 5.74) is 3.29. The fourth-order valence-electron chi connectivity index (χ4n) is 3.57. The molecule has 0 radical (unpaired) electrons. The number of hydrogen-bond donors (Lipinski definition) is 1. The Kier molecular flexibility index (Phi) is 3.75. The van der Waals surface area contributed by atoms with Gasteiger partial charge in [0.1, 0.15) is 5.02 Å². The van der Waals surface area contributed by atoms with Gasteiger partial charge in [0.25, 0.3) is 0 Å². The van der Waals surface area contributed by atoms with E-state index in [1.165, 1.54) is 0 Å². The second kappa shape index (κ2) is 5.65. The van der Waals surface area contributed by atoms with Crippen molar-refractivity contribution in [2.45, 2.75) is 51.4 Å². The van der Waals surface area contributed by atoms with Crippen molar-refractivity contribution in [3.8, 4) is 0 Å². The third-order valence-electron chi connectivity index (χ3n) is 4.66. The minimum absolute atomic E-state index is 0.0552. The molecule has 2 aromatic rings. The lowest BCUT2D eigenvalue weighted by molar-refractivity contribution is -0.00530. The standard InChI is InChI=1S/C17H21ClN2O3/c1-9-6-20(7-10(2)22-9)16-12(8-21)5-13-15(11-3-4-11)19-23-17(13)14(16)18/h5,9-11,21H,3-4,6-8H2,1-2H3. The van der Waals surface area contributed by atoms with Crippen LogP contribution in [0.25, 0.3) is 11.0 Å². The van der Waals surface area contributed by atoms with Crippen LogP contribution in [0.15, 0.2) is 10.6 Å². The van der Waals surface area contributed by atoms with Gasteiger partial charge in [0.15, 0.2) is 5.58 Å². The van der Waals surface area contributed by atoms with E-state index in [2.05, 4.69) is 10.1 Å². The summed E-state index contributed by atoms with van der Waals surface area (Å²) in [5.74, 6) is 0.480. The van der Waals surface area contributed by atoms with Gasteiger partial charge in [-0.1, -0.05) is 16.8 Å². The summed E-state index contributed by atoms with van der Waals surface area (Å²) in [7, 11) is 0. The smallest absolute Gasteiger partial charge is 0.187 e. The van der Waals surface area contributed by atoms with Crippen molar-refractivity contribution in [3.05, 3.63) is 22.3 Å². The molecule has 2 aliphatic rings. The van der Waals surface area contributed by atoms with Crippen LogP contribution in [0.5, 0.6) is 0 Å². The van der Waals surface area contributed by atoms with Crippen LogP contribution in [0.4, 0.5) is 5.69 Å². The van der Waals surface area contributed by atoms with Gasteiger partial charge in [0.05, 0.1) is 30.2 Å². The molecule has 0 bridgehead atoms. The van der Waals surface area contributed by atoms with Crippen molar-refractivity contribution in [1.82, 2.24) is 5.16 Å². The van der Waals surface area contributed by atoms with E-state index in [0.29, 0.717) is 16.5 Å². The monoisotopic (exact) mass is 336 g/mol. The number of morpholine rings is 1. The van der Waals surface area contributed by atoms with Crippen LogP contribution in [0, 0.1) is 0 Å². The molecular formula is C17H21ClN2O3. The van der Waals surface area contributed by atoms with E-state index >= 15 is 0 Å². The lowest BCUT2D eigenvalue weighted by Gasteiger charge is -2.38. The molecule has 1 aromatic heterocycles. The van der Waals surface area contributed by atoms with Gasteiger partial charge in [-0.2, -0.15) is 0 Å². The average molecular weight is 337 g/mol. The molecule has 5 nitrogen and oxygen atoms in total. The maximum atomic E-state index is 9.88. The number of aliphatic hydroxyl groups is 1. The molecule has 6 heteroatoms. The fraction of sp³-hybridized carbons (Fsp3) is 0.588. The Balaban J connectivity index is 1.83. The molecule has 23 heavy (non-hydrogen) atoms. The minimum Gasteiger partial charge on any atom is -0.392 e. The number of ether oxygens (including phenoxy) is 1. The zero-order chi connectivity index (χ0) is 16.1. The number of benzene rings is 1. The third-order valence-corrected chi connectivity index (χ3v) is 5.01. The second-order valence-electron chi connectivity index (χ2n) is 6.74. The number of fused-ring (bicyclic) bond motifs is 1. The molecule has 1 aliphatic heterocycles. The van der Waals surface area contributed by atoms with Crippen LogP contribution in [-0.4, -0.2) is 35.6 Å². The molecule has 1 aromatic carbocycles. The molecule has 124 valence electrons. The SMILES string of the molecule is CC1CN(c2c(CO)cc3c(C4CC4)noc3c2Cl)CC(C)O1. The van der Waals surface area contributed by atoms with E-state index in [-0.39, 0.29) is 18.8 Å². The normalized spacial score (nSPS) is 25.3. The summed E-state index contributed by atoms with van der Waals surface area (Å²) in [4.78, 5) is 2.19. The van der Waals surface area contributed by atoms with Gasteiger partial charge < -0.3 is 19.3 Å². The highest BCUT2D eigenvalue weighted by Crippen LogP contribution is 2.46. The van der Waals surface area contributed by atoms with Crippen molar-refractivity contribution >= 4 is 28.3 Å². The first-order valence-corrected chi connectivity index (χ1v) is 8.58. The Labute approximate surface area is 140 Å². The highest BCUT2D eigenvalue weighted by Gasteiger charge is 2.32. The van der Waals surface area contributed by atoms with E-state index < -0.39 is 0 Å². The number of halogens is 1. The number of nitrogens with zero attached hydrogens (tertiary/aromatic N) is 2. The first-order chi connectivity index (χ1) is 11.1. The van der Waals surface area contributed by atoms with Crippen LogP contribution in [0.3, 0.4) is 0 Å². The molecule has 2 fully saturated rings. The lowest BCUT2D eigenvalue weighted by atomic mass is 10.0. The summed E-state index contributed by atoms with van der Waals surface area (Å²) < 4.78 is 11.3. The average Bonchev–Trinajstić information content (AvgIpc) is 3.25. The van der Waals surface area contributed by atoms with Gasteiger partial charge in [-0.3, -0.25) is 0 Å². The molecule has 2 unspecified atom stereocenters. The third kappa shape index (κ3) is 2.61. The van der Waals surface area contributed by atoms with Crippen molar-refractivity contribution in [3.63, 3.8) is 0 Å². The van der Waals surface area contributed by atoms with Crippen molar-refractivity contribution in [1.29, 1.82) is 0 Å². The van der Waals surface area contributed by atoms with E-state index in [1.54, 1.807) is 0 Å². The van der Waals surface area contributed by atoms with Gasteiger partial charge in [0, 0.05) is 30.0 Å². The summed E-state index contributed by atoms with van der Waals surface area (Å²) >= 11 is 6.67. The van der Waals surface area contributed by atoms with Crippen LogP contribution in [0.1, 0.15) is 43.9 Å². The summed E-state index contributed by atoms with van der Waals surface area (Å²) in [5, 5.41) is 15.6. The van der Waals surface area contributed by atoms with Crippen molar-refractivity contribution in [2.24, 2.45) is 0 Å². The number of aromatic nitrogens is 1.